The van der Waals surface area contributed by atoms with E-state index in [-0.39, 0.29) is 17.5 Å². The molecule has 0 N–H and O–H groups in total. The molecule has 0 bridgehead atoms. The molecule has 11 heavy (non-hydrogen) atoms. The second-order valence-electron chi connectivity index (χ2n) is 2.95. The highest BCUT2D eigenvalue weighted by Crippen LogP contribution is 2.25. The van der Waals surface area contributed by atoms with Crippen molar-refractivity contribution in [3.8, 4) is 0 Å². The lowest BCUT2D eigenvalue weighted by atomic mass is 9.97. The van der Waals surface area contributed by atoms with Crippen LogP contribution in [0.1, 0.15) is 32.6 Å². The first-order chi connectivity index (χ1) is 5.20. The van der Waals surface area contributed by atoms with E-state index in [1.165, 1.54) is 6.92 Å². The van der Waals surface area contributed by atoms with Gasteiger partial charge in [-0.05, 0) is 19.3 Å². The monoisotopic (exact) mass is 176 g/mol. The highest BCUT2D eigenvalue weighted by molar-refractivity contribution is 6.21. The van der Waals surface area contributed by atoms with E-state index in [0.29, 0.717) is 0 Å². The fraction of sp³-hybridized carbons (Fsp3) is 0.875. The fourth-order valence-electron chi connectivity index (χ4n) is 1.40. The maximum atomic E-state index is 10.6. The van der Waals surface area contributed by atoms with Crippen LogP contribution in [0.15, 0.2) is 0 Å². The first-order valence-electron chi connectivity index (χ1n) is 4.01. The Morgan fingerprint density at radius 1 is 1.45 bits per heavy atom. The SMILES string of the molecule is CC(=O)O[C@@H]1CCCC[C@H]1Cl. The van der Waals surface area contributed by atoms with Gasteiger partial charge in [-0.1, -0.05) is 6.42 Å². The van der Waals surface area contributed by atoms with Gasteiger partial charge in [0.25, 0.3) is 0 Å². The fourth-order valence-corrected chi connectivity index (χ4v) is 1.73. The molecule has 3 heteroatoms. The molecule has 0 spiro atoms. The van der Waals surface area contributed by atoms with Crippen LogP contribution in [-0.4, -0.2) is 17.5 Å². The molecule has 2 atom stereocenters. The molecule has 1 aliphatic carbocycles. The molecule has 1 fully saturated rings. The first kappa shape index (κ1) is 8.85. The minimum atomic E-state index is -0.220. The minimum Gasteiger partial charge on any atom is -0.461 e. The van der Waals surface area contributed by atoms with E-state index in [1.807, 2.05) is 0 Å². The van der Waals surface area contributed by atoms with Gasteiger partial charge in [0.05, 0.1) is 5.38 Å². The molecular weight excluding hydrogens is 164 g/mol. The summed E-state index contributed by atoms with van der Waals surface area (Å²) in [5.41, 5.74) is 0. The van der Waals surface area contributed by atoms with Crippen LogP contribution < -0.4 is 0 Å². The van der Waals surface area contributed by atoms with Gasteiger partial charge in [0.2, 0.25) is 0 Å². The smallest absolute Gasteiger partial charge is 0.302 e. The van der Waals surface area contributed by atoms with Crippen LogP contribution in [0, 0.1) is 0 Å². The molecule has 0 saturated heterocycles. The third kappa shape index (κ3) is 2.70. The summed E-state index contributed by atoms with van der Waals surface area (Å²) in [5.74, 6) is -0.220. The Bertz CT molecular complexity index is 147. The summed E-state index contributed by atoms with van der Waals surface area (Å²) in [6, 6.07) is 0. The van der Waals surface area contributed by atoms with Crippen molar-refractivity contribution >= 4 is 17.6 Å². The number of carbonyl (C=O) groups is 1. The van der Waals surface area contributed by atoms with E-state index in [1.54, 1.807) is 0 Å². The number of halogens is 1. The summed E-state index contributed by atoms with van der Waals surface area (Å²) < 4.78 is 5.03. The Hall–Kier alpha value is -0.240. The number of carbonyl (C=O) groups excluding carboxylic acids is 1. The number of rotatable bonds is 1. The van der Waals surface area contributed by atoms with Gasteiger partial charge in [-0.3, -0.25) is 4.79 Å². The molecule has 0 unspecified atom stereocenters. The van der Waals surface area contributed by atoms with Crippen LogP contribution in [0.5, 0.6) is 0 Å². The van der Waals surface area contributed by atoms with Gasteiger partial charge in [-0.15, -0.1) is 11.6 Å². The first-order valence-corrected chi connectivity index (χ1v) is 4.45. The van der Waals surface area contributed by atoms with Gasteiger partial charge in [0.1, 0.15) is 6.10 Å². The average Bonchev–Trinajstić information content (AvgIpc) is 1.93. The largest absolute Gasteiger partial charge is 0.461 e. The summed E-state index contributed by atoms with van der Waals surface area (Å²) >= 11 is 5.95. The molecule has 0 aliphatic heterocycles. The van der Waals surface area contributed by atoms with Gasteiger partial charge in [0, 0.05) is 6.92 Å². The molecule has 0 heterocycles. The second-order valence-corrected chi connectivity index (χ2v) is 3.51. The van der Waals surface area contributed by atoms with Crippen molar-refractivity contribution < 1.29 is 9.53 Å². The van der Waals surface area contributed by atoms with Crippen LogP contribution >= 0.6 is 11.6 Å². The van der Waals surface area contributed by atoms with Crippen LogP contribution in [-0.2, 0) is 9.53 Å². The van der Waals surface area contributed by atoms with E-state index >= 15 is 0 Å². The molecule has 0 aromatic rings. The van der Waals surface area contributed by atoms with Crippen LogP contribution in [0.2, 0.25) is 0 Å². The van der Waals surface area contributed by atoms with Crippen LogP contribution in [0.3, 0.4) is 0 Å². The topological polar surface area (TPSA) is 26.3 Å². The Labute approximate surface area is 71.9 Å². The van der Waals surface area contributed by atoms with Crippen molar-refractivity contribution in [2.75, 3.05) is 0 Å². The van der Waals surface area contributed by atoms with E-state index in [4.69, 9.17) is 16.3 Å². The molecule has 1 aliphatic rings. The molecule has 64 valence electrons. The second kappa shape index (κ2) is 3.96. The predicted octanol–water partition coefficient (Wildman–Crippen LogP) is 2.10. The predicted molar refractivity (Wildman–Crippen MR) is 43.7 cm³/mol. The number of hydrogen-bond donors (Lipinski definition) is 0. The van der Waals surface area contributed by atoms with Crippen molar-refractivity contribution in [2.24, 2.45) is 0 Å². The number of alkyl halides is 1. The quantitative estimate of drug-likeness (QED) is 0.452. The van der Waals surface area contributed by atoms with Gasteiger partial charge in [-0.25, -0.2) is 0 Å². The third-order valence-corrected chi connectivity index (χ3v) is 2.44. The molecule has 1 saturated carbocycles. The number of esters is 1. The normalized spacial score (nSPS) is 31.5. The Morgan fingerprint density at radius 3 is 2.64 bits per heavy atom. The van der Waals surface area contributed by atoms with Crippen molar-refractivity contribution in [2.45, 2.75) is 44.1 Å². The Morgan fingerprint density at radius 2 is 2.09 bits per heavy atom. The summed E-state index contributed by atoms with van der Waals surface area (Å²) in [6.45, 7) is 1.43. The summed E-state index contributed by atoms with van der Waals surface area (Å²) in [6.07, 6.45) is 4.14. The molecule has 0 aromatic carbocycles. The van der Waals surface area contributed by atoms with E-state index in [9.17, 15) is 4.79 Å². The molecular formula is C8H13ClO2. The average molecular weight is 177 g/mol. The minimum absolute atomic E-state index is 0.0349. The molecule has 0 aromatic heterocycles. The lowest BCUT2D eigenvalue weighted by molar-refractivity contribution is -0.147. The van der Waals surface area contributed by atoms with Crippen molar-refractivity contribution in [3.63, 3.8) is 0 Å². The zero-order valence-corrected chi connectivity index (χ0v) is 7.43. The lowest BCUT2D eigenvalue weighted by Gasteiger charge is -2.26. The lowest BCUT2D eigenvalue weighted by Crippen LogP contribution is -2.29. The van der Waals surface area contributed by atoms with Gasteiger partial charge >= 0.3 is 5.97 Å². The van der Waals surface area contributed by atoms with E-state index < -0.39 is 0 Å². The summed E-state index contributed by atoms with van der Waals surface area (Å²) in [7, 11) is 0. The van der Waals surface area contributed by atoms with Crippen LogP contribution in [0.25, 0.3) is 0 Å². The molecule has 0 radical (unpaired) electrons. The molecule has 2 nitrogen and oxygen atoms in total. The van der Waals surface area contributed by atoms with Gasteiger partial charge < -0.3 is 4.74 Å². The van der Waals surface area contributed by atoms with Crippen LogP contribution in [0.4, 0.5) is 0 Å². The highest BCUT2D eigenvalue weighted by atomic mass is 35.5. The molecule has 1 rings (SSSR count). The van der Waals surface area contributed by atoms with E-state index in [2.05, 4.69) is 0 Å². The number of ether oxygens (including phenoxy) is 1. The zero-order chi connectivity index (χ0) is 8.27. The summed E-state index contributed by atoms with van der Waals surface area (Å²) in [4.78, 5) is 10.6. The maximum Gasteiger partial charge on any atom is 0.302 e. The Balaban J connectivity index is 2.35. The van der Waals surface area contributed by atoms with Crippen molar-refractivity contribution in [3.05, 3.63) is 0 Å². The zero-order valence-electron chi connectivity index (χ0n) is 6.68. The summed E-state index contributed by atoms with van der Waals surface area (Å²) in [5, 5.41) is 0.0349. The highest BCUT2D eigenvalue weighted by Gasteiger charge is 2.25. The van der Waals surface area contributed by atoms with Gasteiger partial charge in [-0.2, -0.15) is 0 Å². The van der Waals surface area contributed by atoms with Crippen molar-refractivity contribution in [1.29, 1.82) is 0 Å². The van der Waals surface area contributed by atoms with E-state index in [0.717, 1.165) is 25.7 Å². The third-order valence-electron chi connectivity index (χ3n) is 1.94. The molecule has 0 amide bonds. The number of hydrogen-bond acceptors (Lipinski definition) is 2. The standard InChI is InChI=1S/C8H13ClO2/c1-6(10)11-8-5-3-2-4-7(8)9/h7-8H,2-5H2,1H3/t7-,8-/m1/s1. The maximum absolute atomic E-state index is 10.6. The van der Waals surface area contributed by atoms with Crippen molar-refractivity contribution in [1.82, 2.24) is 0 Å². The Kier molecular flexibility index (Phi) is 3.18. The van der Waals surface area contributed by atoms with Gasteiger partial charge in [0.15, 0.2) is 0 Å².